The summed E-state index contributed by atoms with van der Waals surface area (Å²) in [5, 5.41) is 0. The molecule has 2 heteroatoms. The highest BCUT2D eigenvalue weighted by Crippen LogP contribution is 2.37. The van der Waals surface area contributed by atoms with E-state index in [9.17, 15) is 0 Å². The van der Waals surface area contributed by atoms with Crippen LogP contribution in [0.3, 0.4) is 0 Å². The summed E-state index contributed by atoms with van der Waals surface area (Å²) in [4.78, 5) is 4.71. The maximum Gasteiger partial charge on any atom is 0.0494 e. The van der Waals surface area contributed by atoms with Crippen LogP contribution in [0.5, 0.6) is 0 Å². The molecule has 0 amide bonds. The molecule has 4 rings (SSSR count). The summed E-state index contributed by atoms with van der Waals surface area (Å²) < 4.78 is 0. The van der Waals surface area contributed by atoms with Crippen LogP contribution in [0.4, 0.5) is 17.1 Å². The van der Waals surface area contributed by atoms with Crippen molar-refractivity contribution >= 4 is 17.1 Å². The Bertz CT molecular complexity index is 1230. The summed E-state index contributed by atoms with van der Waals surface area (Å²) in [6, 6.07) is 26.1. The SMILES string of the molecule is C=C/C=C\C=C1/Cc2ccccc2N1C(/C=C\CN(c1ccc(C)cc1)c1ccc(C)cc1)=C/C. The van der Waals surface area contributed by atoms with Crippen molar-refractivity contribution < 1.29 is 0 Å². The van der Waals surface area contributed by atoms with E-state index in [1.165, 1.54) is 45.1 Å². The highest BCUT2D eigenvalue weighted by Gasteiger charge is 2.24. The molecule has 0 fully saturated rings. The number of rotatable bonds is 8. The van der Waals surface area contributed by atoms with E-state index in [1.54, 1.807) is 0 Å². The Morgan fingerprint density at radius 3 is 2.11 bits per heavy atom. The first-order chi connectivity index (χ1) is 17.1. The number of aryl methyl sites for hydroxylation is 2. The van der Waals surface area contributed by atoms with Crippen LogP contribution in [0.25, 0.3) is 0 Å². The van der Waals surface area contributed by atoms with Crippen LogP contribution in [0.1, 0.15) is 23.6 Å². The number of allylic oxidation sites excluding steroid dienone is 7. The molecule has 0 N–H and O–H groups in total. The van der Waals surface area contributed by atoms with Crippen LogP contribution in [-0.2, 0) is 6.42 Å². The van der Waals surface area contributed by atoms with Gasteiger partial charge >= 0.3 is 0 Å². The summed E-state index contributed by atoms with van der Waals surface area (Å²) in [6.07, 6.45) is 15.6. The fraction of sp³-hybridized carbons (Fsp3) is 0.152. The lowest BCUT2D eigenvalue weighted by molar-refractivity contribution is 1.07. The average Bonchev–Trinajstić information content (AvgIpc) is 3.24. The maximum absolute atomic E-state index is 3.79. The van der Waals surface area contributed by atoms with E-state index >= 15 is 0 Å². The Morgan fingerprint density at radius 2 is 1.51 bits per heavy atom. The molecule has 176 valence electrons. The molecular weight excluding hydrogens is 424 g/mol. The summed E-state index contributed by atoms with van der Waals surface area (Å²) in [7, 11) is 0. The minimum absolute atomic E-state index is 0.772. The normalized spacial score (nSPS) is 14.8. The minimum Gasteiger partial charge on any atom is -0.338 e. The van der Waals surface area contributed by atoms with Crippen molar-refractivity contribution in [2.45, 2.75) is 27.2 Å². The highest BCUT2D eigenvalue weighted by molar-refractivity contribution is 5.71. The number of anilines is 3. The molecule has 0 aliphatic carbocycles. The van der Waals surface area contributed by atoms with Crippen LogP contribution < -0.4 is 9.80 Å². The second-order valence-corrected chi connectivity index (χ2v) is 8.82. The van der Waals surface area contributed by atoms with Gasteiger partial charge in [-0.05, 0) is 68.8 Å². The molecule has 35 heavy (non-hydrogen) atoms. The Morgan fingerprint density at radius 1 is 0.886 bits per heavy atom. The Kier molecular flexibility index (Phi) is 7.84. The molecule has 3 aromatic carbocycles. The first-order valence-electron chi connectivity index (χ1n) is 12.2. The average molecular weight is 459 g/mol. The van der Waals surface area contributed by atoms with Crippen molar-refractivity contribution in [3.8, 4) is 0 Å². The standard InChI is InChI=1S/C33H34N2/c1-5-7-8-13-32-25-28-12-9-10-15-33(28)35(32)29(6-2)14-11-24-34(30-20-16-26(3)17-21-30)31-22-18-27(4)19-23-31/h5-23H,1,24-25H2,2-4H3/b8-7-,14-11-,29-6+,32-13+. The molecule has 3 aromatic rings. The van der Waals surface area contributed by atoms with Gasteiger partial charge < -0.3 is 9.80 Å². The number of hydrogen-bond donors (Lipinski definition) is 0. The summed E-state index contributed by atoms with van der Waals surface area (Å²) in [6.45, 7) is 10.9. The van der Waals surface area contributed by atoms with E-state index < -0.39 is 0 Å². The van der Waals surface area contributed by atoms with Gasteiger partial charge in [0.05, 0.1) is 0 Å². The fourth-order valence-corrected chi connectivity index (χ4v) is 4.38. The molecule has 1 aliphatic rings. The van der Waals surface area contributed by atoms with Crippen molar-refractivity contribution in [1.29, 1.82) is 0 Å². The van der Waals surface area contributed by atoms with Crippen molar-refractivity contribution in [2.75, 3.05) is 16.3 Å². The first kappa shape index (κ1) is 24.1. The number of nitrogens with zero attached hydrogens (tertiary/aromatic N) is 2. The molecule has 1 aliphatic heterocycles. The Balaban J connectivity index is 1.63. The molecule has 0 unspecified atom stereocenters. The summed E-state index contributed by atoms with van der Waals surface area (Å²) >= 11 is 0. The van der Waals surface area contributed by atoms with Gasteiger partial charge in [-0.25, -0.2) is 0 Å². The lowest BCUT2D eigenvalue weighted by atomic mass is 10.1. The lowest BCUT2D eigenvalue weighted by Gasteiger charge is -2.25. The zero-order valence-electron chi connectivity index (χ0n) is 21.0. The van der Waals surface area contributed by atoms with Gasteiger partial charge in [0.2, 0.25) is 0 Å². The molecule has 0 atom stereocenters. The largest absolute Gasteiger partial charge is 0.338 e. The van der Waals surface area contributed by atoms with E-state index in [1.807, 2.05) is 12.2 Å². The third-order valence-corrected chi connectivity index (χ3v) is 6.25. The smallest absolute Gasteiger partial charge is 0.0494 e. The van der Waals surface area contributed by atoms with E-state index in [2.05, 4.69) is 140 Å². The van der Waals surface area contributed by atoms with E-state index in [-0.39, 0.29) is 0 Å². The lowest BCUT2D eigenvalue weighted by Crippen LogP contribution is -2.19. The van der Waals surface area contributed by atoms with Crippen molar-refractivity contribution in [3.63, 3.8) is 0 Å². The molecular formula is C33H34N2. The van der Waals surface area contributed by atoms with Crippen molar-refractivity contribution in [2.24, 2.45) is 0 Å². The third kappa shape index (κ3) is 5.73. The second kappa shape index (κ2) is 11.4. The van der Waals surface area contributed by atoms with Gasteiger partial charge in [0, 0.05) is 41.4 Å². The van der Waals surface area contributed by atoms with Crippen molar-refractivity contribution in [3.05, 3.63) is 150 Å². The molecule has 0 saturated heterocycles. The molecule has 1 heterocycles. The predicted molar refractivity (Wildman–Crippen MR) is 152 cm³/mol. The van der Waals surface area contributed by atoms with Gasteiger partial charge in [-0.15, -0.1) is 0 Å². The molecule has 0 radical (unpaired) electrons. The van der Waals surface area contributed by atoms with Crippen LogP contribution in [0.15, 0.2) is 133 Å². The quantitative estimate of drug-likeness (QED) is 0.312. The van der Waals surface area contributed by atoms with Crippen LogP contribution >= 0.6 is 0 Å². The highest BCUT2D eigenvalue weighted by atomic mass is 15.2. The third-order valence-electron chi connectivity index (χ3n) is 6.25. The topological polar surface area (TPSA) is 6.48 Å². The fourth-order valence-electron chi connectivity index (χ4n) is 4.38. The van der Waals surface area contributed by atoms with Crippen LogP contribution in [0.2, 0.25) is 0 Å². The minimum atomic E-state index is 0.772. The van der Waals surface area contributed by atoms with Crippen LogP contribution in [0, 0.1) is 13.8 Å². The van der Waals surface area contributed by atoms with Crippen molar-refractivity contribution in [1.82, 2.24) is 0 Å². The van der Waals surface area contributed by atoms with E-state index in [0.717, 1.165) is 13.0 Å². The van der Waals surface area contributed by atoms with Crippen LogP contribution in [-0.4, -0.2) is 6.54 Å². The summed E-state index contributed by atoms with van der Waals surface area (Å²) in [5.74, 6) is 0. The molecule has 0 aromatic heterocycles. The first-order valence-corrected chi connectivity index (χ1v) is 12.2. The number of fused-ring (bicyclic) bond motifs is 1. The molecule has 0 spiro atoms. The monoisotopic (exact) mass is 458 g/mol. The summed E-state index contributed by atoms with van der Waals surface area (Å²) in [5.41, 5.74) is 9.93. The van der Waals surface area contributed by atoms with Gasteiger partial charge in [0.1, 0.15) is 0 Å². The predicted octanol–water partition coefficient (Wildman–Crippen LogP) is 8.59. The van der Waals surface area contributed by atoms with Gasteiger partial charge in [0.25, 0.3) is 0 Å². The van der Waals surface area contributed by atoms with Gasteiger partial charge in [0.15, 0.2) is 0 Å². The second-order valence-electron chi connectivity index (χ2n) is 8.82. The molecule has 2 nitrogen and oxygen atoms in total. The Hall–Kier alpha value is -4.04. The molecule has 0 saturated carbocycles. The number of benzene rings is 3. The van der Waals surface area contributed by atoms with Gasteiger partial charge in [-0.2, -0.15) is 0 Å². The van der Waals surface area contributed by atoms with E-state index in [0.29, 0.717) is 0 Å². The van der Waals surface area contributed by atoms with Gasteiger partial charge in [-0.3, -0.25) is 0 Å². The van der Waals surface area contributed by atoms with E-state index in [4.69, 9.17) is 0 Å². The Labute approximate surface area is 210 Å². The number of para-hydroxylation sites is 1. The number of hydrogen-bond acceptors (Lipinski definition) is 2. The molecule has 0 bridgehead atoms. The zero-order valence-corrected chi connectivity index (χ0v) is 21.0. The zero-order chi connectivity index (χ0) is 24.6. The van der Waals surface area contributed by atoms with Gasteiger partial charge in [-0.1, -0.05) is 90.6 Å². The maximum atomic E-state index is 3.79.